The number of anilines is 2. The molecule has 138 valence electrons. The highest BCUT2D eigenvalue weighted by molar-refractivity contribution is 8.00. The average molecular weight is 398 g/mol. The van der Waals surface area contributed by atoms with Crippen LogP contribution >= 0.6 is 23.5 Å². The summed E-state index contributed by atoms with van der Waals surface area (Å²) in [5.41, 5.74) is 1.50. The summed E-state index contributed by atoms with van der Waals surface area (Å²) in [6, 6.07) is 19.9. The second-order valence-corrected chi connectivity index (χ2v) is 8.53. The van der Waals surface area contributed by atoms with E-state index < -0.39 is 0 Å². The van der Waals surface area contributed by atoms with Crippen LogP contribution in [0.5, 0.6) is 0 Å². The van der Waals surface area contributed by atoms with E-state index in [0.29, 0.717) is 10.7 Å². The first-order valence-electron chi connectivity index (χ1n) is 8.75. The minimum Gasteiger partial charge on any atom is -0.369 e. The summed E-state index contributed by atoms with van der Waals surface area (Å²) in [6.45, 7) is 1.63. The van der Waals surface area contributed by atoms with Gasteiger partial charge in [-0.25, -0.2) is 9.37 Å². The van der Waals surface area contributed by atoms with E-state index in [2.05, 4.69) is 17.0 Å². The average Bonchev–Trinajstić information content (AvgIpc) is 2.69. The van der Waals surface area contributed by atoms with Crippen LogP contribution < -0.4 is 9.80 Å². The van der Waals surface area contributed by atoms with E-state index in [1.807, 2.05) is 67.5 Å². The van der Waals surface area contributed by atoms with Crippen LogP contribution in [0.15, 0.2) is 80.5 Å². The Labute approximate surface area is 167 Å². The van der Waals surface area contributed by atoms with E-state index in [-0.39, 0.29) is 5.82 Å². The number of rotatable bonds is 4. The summed E-state index contributed by atoms with van der Waals surface area (Å²) in [6.07, 6.45) is 0. The van der Waals surface area contributed by atoms with Crippen LogP contribution in [0.4, 0.5) is 15.8 Å². The van der Waals surface area contributed by atoms with E-state index in [9.17, 15) is 0 Å². The van der Waals surface area contributed by atoms with Crippen molar-refractivity contribution in [3.8, 4) is 0 Å². The first-order valence-corrected chi connectivity index (χ1v) is 10.4. The van der Waals surface area contributed by atoms with Crippen LogP contribution in [-0.4, -0.2) is 32.2 Å². The molecule has 0 spiro atoms. The molecule has 0 aliphatic carbocycles. The molecule has 4 rings (SSSR count). The molecule has 0 fully saturated rings. The lowest BCUT2D eigenvalue weighted by atomic mass is 10.2. The molecule has 1 aliphatic rings. The third kappa shape index (κ3) is 3.77. The van der Waals surface area contributed by atoms with Gasteiger partial charge in [0.15, 0.2) is 5.82 Å². The molecular formula is C21H20FN3S2. The normalized spacial score (nSPS) is 13.6. The number of nitrogens with zero attached hydrogens (tertiary/aromatic N) is 3. The summed E-state index contributed by atoms with van der Waals surface area (Å²) >= 11 is 2.95. The Morgan fingerprint density at radius 3 is 1.78 bits per heavy atom. The minimum atomic E-state index is -0.245. The van der Waals surface area contributed by atoms with Gasteiger partial charge >= 0.3 is 0 Å². The maximum atomic E-state index is 15.4. The Morgan fingerprint density at radius 2 is 1.22 bits per heavy atom. The van der Waals surface area contributed by atoms with Gasteiger partial charge in [-0.15, -0.1) is 0 Å². The number of hydrogen-bond donors (Lipinski definition) is 0. The zero-order chi connectivity index (χ0) is 18.8. The molecule has 0 radical (unpaired) electrons. The minimum absolute atomic E-state index is 0.245. The maximum Gasteiger partial charge on any atom is 0.181 e. The monoisotopic (exact) mass is 397 g/mol. The summed E-state index contributed by atoms with van der Waals surface area (Å²) in [5.74, 6) is -0.245. The molecule has 0 atom stereocenters. The van der Waals surface area contributed by atoms with E-state index in [4.69, 9.17) is 4.98 Å². The lowest BCUT2D eigenvalue weighted by Crippen LogP contribution is -2.38. The van der Waals surface area contributed by atoms with Gasteiger partial charge in [-0.2, -0.15) is 0 Å². The highest BCUT2D eigenvalue weighted by Crippen LogP contribution is 2.46. The predicted molar refractivity (Wildman–Crippen MR) is 112 cm³/mol. The smallest absolute Gasteiger partial charge is 0.181 e. The zero-order valence-corrected chi connectivity index (χ0v) is 16.9. The highest BCUT2D eigenvalue weighted by atomic mass is 32.2. The van der Waals surface area contributed by atoms with Gasteiger partial charge in [0.1, 0.15) is 15.7 Å². The maximum absolute atomic E-state index is 15.4. The Balaban J connectivity index is 1.83. The molecule has 27 heavy (non-hydrogen) atoms. The van der Waals surface area contributed by atoms with Crippen molar-refractivity contribution >= 4 is 34.9 Å². The first-order chi connectivity index (χ1) is 13.1. The largest absolute Gasteiger partial charge is 0.369 e. The summed E-state index contributed by atoms with van der Waals surface area (Å²) in [7, 11) is 3.95. The molecule has 0 saturated heterocycles. The van der Waals surface area contributed by atoms with E-state index in [1.54, 1.807) is 11.8 Å². The van der Waals surface area contributed by atoms with Gasteiger partial charge in [0, 0.05) is 37.0 Å². The predicted octanol–water partition coefficient (Wildman–Crippen LogP) is 5.41. The topological polar surface area (TPSA) is 19.4 Å². The van der Waals surface area contributed by atoms with Crippen LogP contribution in [0.3, 0.4) is 0 Å². The molecule has 0 bridgehead atoms. The first kappa shape index (κ1) is 18.2. The van der Waals surface area contributed by atoms with Crippen molar-refractivity contribution in [1.29, 1.82) is 0 Å². The fraction of sp³-hybridized carbons (Fsp3) is 0.190. The molecule has 6 heteroatoms. The lowest BCUT2D eigenvalue weighted by Gasteiger charge is -2.36. The SMILES string of the molecule is CN1CCN(C)c2c(F)c(Sc3ccccc3)nc(Sc3ccccc3)c21. The van der Waals surface area contributed by atoms with Gasteiger partial charge < -0.3 is 9.80 Å². The van der Waals surface area contributed by atoms with Crippen molar-refractivity contribution < 1.29 is 4.39 Å². The number of likely N-dealkylation sites (N-methyl/N-ethyl adjacent to an activating group) is 2. The van der Waals surface area contributed by atoms with Crippen molar-refractivity contribution in [2.45, 2.75) is 19.8 Å². The molecule has 3 aromatic rings. The fourth-order valence-corrected chi connectivity index (χ4v) is 4.96. The molecule has 2 aromatic carbocycles. The molecule has 0 unspecified atom stereocenters. The molecule has 0 N–H and O–H groups in total. The Bertz CT molecular complexity index is 935. The van der Waals surface area contributed by atoms with Gasteiger partial charge in [0.2, 0.25) is 0 Å². The van der Waals surface area contributed by atoms with E-state index in [0.717, 1.165) is 33.6 Å². The molecule has 3 nitrogen and oxygen atoms in total. The lowest BCUT2D eigenvalue weighted by molar-refractivity contribution is 0.571. The second kappa shape index (κ2) is 7.82. The molecule has 0 amide bonds. The Morgan fingerprint density at radius 1 is 0.741 bits per heavy atom. The zero-order valence-electron chi connectivity index (χ0n) is 15.2. The van der Waals surface area contributed by atoms with Crippen LogP contribution in [0.25, 0.3) is 0 Å². The number of pyridine rings is 1. The quantitative estimate of drug-likeness (QED) is 0.585. The number of benzene rings is 2. The van der Waals surface area contributed by atoms with Crippen molar-refractivity contribution in [2.75, 3.05) is 37.0 Å². The third-order valence-electron chi connectivity index (χ3n) is 4.48. The molecule has 2 heterocycles. The molecule has 1 aromatic heterocycles. The third-order valence-corrected chi connectivity index (χ3v) is 6.43. The number of hydrogen-bond acceptors (Lipinski definition) is 5. The Kier molecular flexibility index (Phi) is 5.27. The van der Waals surface area contributed by atoms with E-state index >= 15 is 4.39 Å². The van der Waals surface area contributed by atoms with Gasteiger partial charge in [-0.1, -0.05) is 59.9 Å². The van der Waals surface area contributed by atoms with Gasteiger partial charge in [0.05, 0.1) is 5.69 Å². The van der Waals surface area contributed by atoms with Crippen LogP contribution in [-0.2, 0) is 0 Å². The van der Waals surface area contributed by atoms with Crippen molar-refractivity contribution in [3.05, 3.63) is 66.5 Å². The Hall–Kier alpha value is -2.18. The van der Waals surface area contributed by atoms with E-state index in [1.165, 1.54) is 11.8 Å². The summed E-state index contributed by atoms with van der Waals surface area (Å²) in [4.78, 5) is 10.9. The molecule has 1 aliphatic heterocycles. The van der Waals surface area contributed by atoms with Crippen LogP contribution in [0.1, 0.15) is 0 Å². The second-order valence-electron chi connectivity index (χ2n) is 6.41. The molecular weight excluding hydrogens is 377 g/mol. The van der Waals surface area contributed by atoms with Gasteiger partial charge in [-0.3, -0.25) is 0 Å². The summed E-state index contributed by atoms with van der Waals surface area (Å²) in [5, 5.41) is 1.26. The fourth-order valence-electron chi connectivity index (χ4n) is 3.06. The van der Waals surface area contributed by atoms with Gasteiger partial charge in [0.25, 0.3) is 0 Å². The number of fused-ring (bicyclic) bond motifs is 1. The van der Waals surface area contributed by atoms with Gasteiger partial charge in [-0.05, 0) is 24.3 Å². The van der Waals surface area contributed by atoms with Crippen LogP contribution in [0, 0.1) is 5.82 Å². The number of halogens is 1. The van der Waals surface area contributed by atoms with Crippen molar-refractivity contribution in [1.82, 2.24) is 4.98 Å². The molecule has 0 saturated carbocycles. The van der Waals surface area contributed by atoms with Crippen molar-refractivity contribution in [2.24, 2.45) is 0 Å². The van der Waals surface area contributed by atoms with Crippen molar-refractivity contribution in [3.63, 3.8) is 0 Å². The summed E-state index contributed by atoms with van der Waals surface area (Å²) < 4.78 is 15.4. The highest BCUT2D eigenvalue weighted by Gasteiger charge is 2.29. The number of aromatic nitrogens is 1. The van der Waals surface area contributed by atoms with Crippen LogP contribution in [0.2, 0.25) is 0 Å². The standard InChI is InChI=1S/C21H20FN3S2/c1-24-13-14-25(2)19-18(24)17(22)20(26-15-9-5-3-6-10-15)23-21(19)27-16-11-7-4-8-12-16/h3-12H,13-14H2,1-2H3.